The third-order valence-electron chi connectivity index (χ3n) is 2.66. The van der Waals surface area contributed by atoms with Crippen LogP contribution in [0, 0.1) is 5.82 Å². The van der Waals surface area contributed by atoms with Crippen molar-refractivity contribution in [1.29, 1.82) is 0 Å². The van der Waals surface area contributed by atoms with E-state index >= 15 is 0 Å². The van der Waals surface area contributed by atoms with Gasteiger partial charge in [-0.05, 0) is 46.3 Å². The predicted octanol–water partition coefficient (Wildman–Crippen LogP) is 3.43. The number of nitrogens with one attached hydrogen (secondary N) is 1. The zero-order chi connectivity index (χ0) is 14.7. The van der Waals surface area contributed by atoms with Crippen LogP contribution in [0.25, 0.3) is 0 Å². The molecule has 4 nitrogen and oxygen atoms in total. The smallest absolute Gasteiger partial charge is 0.255 e. The summed E-state index contributed by atoms with van der Waals surface area (Å²) in [5, 5.41) is 2.65. The lowest BCUT2D eigenvalue weighted by atomic mass is 10.2. The highest BCUT2D eigenvalue weighted by Crippen LogP contribution is 2.27. The monoisotopic (exact) mass is 338 g/mol. The molecule has 0 aliphatic rings. The van der Waals surface area contributed by atoms with E-state index in [1.807, 2.05) is 0 Å². The topological polar surface area (TPSA) is 64.3 Å². The summed E-state index contributed by atoms with van der Waals surface area (Å²) in [6, 6.07) is 9.01. The van der Waals surface area contributed by atoms with Crippen molar-refractivity contribution < 1.29 is 13.9 Å². The summed E-state index contributed by atoms with van der Waals surface area (Å²) in [7, 11) is 1.48. The van der Waals surface area contributed by atoms with E-state index in [0.717, 1.165) is 6.07 Å². The van der Waals surface area contributed by atoms with E-state index in [9.17, 15) is 9.18 Å². The lowest BCUT2D eigenvalue weighted by Crippen LogP contribution is -2.13. The number of hydrogen-bond acceptors (Lipinski definition) is 3. The second-order valence-electron chi connectivity index (χ2n) is 4.04. The van der Waals surface area contributed by atoms with Crippen LogP contribution in [0.15, 0.2) is 40.9 Å². The van der Waals surface area contributed by atoms with Crippen molar-refractivity contribution in [3.8, 4) is 5.75 Å². The zero-order valence-electron chi connectivity index (χ0n) is 10.6. The van der Waals surface area contributed by atoms with Crippen LogP contribution in [0.3, 0.4) is 0 Å². The van der Waals surface area contributed by atoms with Crippen LogP contribution in [0.1, 0.15) is 10.4 Å². The Kier molecular flexibility index (Phi) is 4.24. The first-order valence-corrected chi connectivity index (χ1v) is 6.50. The summed E-state index contributed by atoms with van der Waals surface area (Å²) >= 11 is 3.04. The third kappa shape index (κ3) is 3.08. The molecule has 0 aliphatic carbocycles. The molecule has 104 valence electrons. The van der Waals surface area contributed by atoms with Crippen molar-refractivity contribution in [2.75, 3.05) is 18.2 Å². The first kappa shape index (κ1) is 14.3. The fourth-order valence-corrected chi connectivity index (χ4v) is 1.89. The number of rotatable bonds is 3. The van der Waals surface area contributed by atoms with Gasteiger partial charge in [-0.2, -0.15) is 0 Å². The summed E-state index contributed by atoms with van der Waals surface area (Å²) < 4.78 is 18.8. The minimum Gasteiger partial charge on any atom is -0.494 e. The molecule has 0 aliphatic heterocycles. The molecule has 0 aromatic heterocycles. The number of benzene rings is 2. The van der Waals surface area contributed by atoms with Crippen molar-refractivity contribution in [3.63, 3.8) is 0 Å². The fourth-order valence-electron chi connectivity index (χ4n) is 1.64. The van der Waals surface area contributed by atoms with Gasteiger partial charge in [-0.25, -0.2) is 4.39 Å². The summed E-state index contributed by atoms with van der Waals surface area (Å²) in [5.41, 5.74) is 6.84. The molecule has 2 aromatic rings. The van der Waals surface area contributed by atoms with Crippen LogP contribution < -0.4 is 15.8 Å². The summed E-state index contributed by atoms with van der Waals surface area (Å²) in [6.45, 7) is 0. The molecule has 1 amide bonds. The van der Waals surface area contributed by atoms with Gasteiger partial charge in [0, 0.05) is 17.3 Å². The largest absolute Gasteiger partial charge is 0.494 e. The molecule has 2 rings (SSSR count). The molecule has 0 spiro atoms. The summed E-state index contributed by atoms with van der Waals surface area (Å²) in [5.74, 6) is -0.489. The molecule has 0 fully saturated rings. The molecule has 20 heavy (non-hydrogen) atoms. The Labute approximate surface area is 123 Å². The number of nitrogen functional groups attached to an aromatic ring is 1. The lowest BCUT2D eigenvalue weighted by Gasteiger charge is -2.11. The SMILES string of the molecule is COc1cc(N)ccc1NC(=O)c1ccc(Br)c(F)c1. The Morgan fingerprint density at radius 2 is 2.05 bits per heavy atom. The van der Waals surface area contributed by atoms with Crippen LogP contribution >= 0.6 is 15.9 Å². The standard InChI is InChI=1S/C14H12BrFN2O2/c1-20-13-7-9(17)3-5-12(13)18-14(19)8-2-4-10(15)11(16)6-8/h2-7H,17H2,1H3,(H,18,19). The molecule has 0 unspecified atom stereocenters. The van der Waals surface area contributed by atoms with E-state index in [0.29, 0.717) is 21.6 Å². The van der Waals surface area contributed by atoms with Crippen molar-refractivity contribution >= 4 is 33.2 Å². The number of methoxy groups -OCH3 is 1. The second-order valence-corrected chi connectivity index (χ2v) is 4.90. The number of amides is 1. The fraction of sp³-hybridized carbons (Fsp3) is 0.0714. The van der Waals surface area contributed by atoms with E-state index in [4.69, 9.17) is 10.5 Å². The Hall–Kier alpha value is -2.08. The Bertz CT molecular complexity index is 662. The Morgan fingerprint density at radius 3 is 2.70 bits per heavy atom. The number of carbonyl (C=O) groups is 1. The van der Waals surface area contributed by atoms with Gasteiger partial charge in [-0.1, -0.05) is 0 Å². The summed E-state index contributed by atoms with van der Waals surface area (Å²) in [4.78, 5) is 12.1. The van der Waals surface area contributed by atoms with Gasteiger partial charge in [0.05, 0.1) is 17.3 Å². The van der Waals surface area contributed by atoms with Crippen molar-refractivity contribution in [1.82, 2.24) is 0 Å². The van der Waals surface area contributed by atoms with E-state index < -0.39 is 11.7 Å². The number of carbonyl (C=O) groups excluding carboxylic acids is 1. The highest BCUT2D eigenvalue weighted by Gasteiger charge is 2.11. The highest BCUT2D eigenvalue weighted by molar-refractivity contribution is 9.10. The van der Waals surface area contributed by atoms with Gasteiger partial charge >= 0.3 is 0 Å². The molecule has 2 aromatic carbocycles. The first-order valence-electron chi connectivity index (χ1n) is 5.71. The maximum atomic E-state index is 13.4. The minimum absolute atomic E-state index is 0.213. The number of halogens is 2. The van der Waals surface area contributed by atoms with E-state index in [1.165, 1.54) is 19.2 Å². The van der Waals surface area contributed by atoms with Crippen LogP contribution in [0.5, 0.6) is 5.75 Å². The van der Waals surface area contributed by atoms with Crippen molar-refractivity contribution in [2.24, 2.45) is 0 Å². The maximum Gasteiger partial charge on any atom is 0.255 e. The first-order chi connectivity index (χ1) is 9.51. The quantitative estimate of drug-likeness (QED) is 0.842. The molecule has 0 radical (unpaired) electrons. The van der Waals surface area contributed by atoms with Gasteiger partial charge in [0.1, 0.15) is 11.6 Å². The molecular formula is C14H12BrFN2O2. The molecule has 0 saturated carbocycles. The zero-order valence-corrected chi connectivity index (χ0v) is 12.2. The van der Waals surface area contributed by atoms with Crippen LogP contribution in [0.2, 0.25) is 0 Å². The molecule has 0 saturated heterocycles. The van der Waals surface area contributed by atoms with Crippen molar-refractivity contribution in [3.05, 3.63) is 52.3 Å². The van der Waals surface area contributed by atoms with Crippen LogP contribution in [0.4, 0.5) is 15.8 Å². The average molecular weight is 339 g/mol. The van der Waals surface area contributed by atoms with E-state index in [1.54, 1.807) is 18.2 Å². The van der Waals surface area contributed by atoms with E-state index in [2.05, 4.69) is 21.2 Å². The molecule has 0 atom stereocenters. The molecular weight excluding hydrogens is 327 g/mol. The predicted molar refractivity (Wildman–Crippen MR) is 79.5 cm³/mol. The molecule has 6 heteroatoms. The summed E-state index contributed by atoms with van der Waals surface area (Å²) in [6.07, 6.45) is 0. The van der Waals surface area contributed by atoms with E-state index in [-0.39, 0.29) is 5.56 Å². The Morgan fingerprint density at radius 1 is 1.30 bits per heavy atom. The van der Waals surface area contributed by atoms with Gasteiger partial charge in [0.25, 0.3) is 5.91 Å². The number of nitrogens with two attached hydrogens (primary N) is 1. The number of hydrogen-bond donors (Lipinski definition) is 2. The van der Waals surface area contributed by atoms with Gasteiger partial charge in [-0.15, -0.1) is 0 Å². The lowest BCUT2D eigenvalue weighted by molar-refractivity contribution is 0.102. The number of ether oxygens (including phenoxy) is 1. The van der Waals surface area contributed by atoms with Crippen molar-refractivity contribution in [2.45, 2.75) is 0 Å². The highest BCUT2D eigenvalue weighted by atomic mass is 79.9. The molecule has 0 heterocycles. The third-order valence-corrected chi connectivity index (χ3v) is 3.30. The van der Waals surface area contributed by atoms with Gasteiger partial charge in [0.2, 0.25) is 0 Å². The van der Waals surface area contributed by atoms with Crippen LogP contribution in [-0.4, -0.2) is 13.0 Å². The maximum absolute atomic E-state index is 13.4. The second kappa shape index (κ2) is 5.92. The molecule has 3 N–H and O–H groups in total. The number of anilines is 2. The Balaban J connectivity index is 2.25. The van der Waals surface area contributed by atoms with Gasteiger partial charge < -0.3 is 15.8 Å². The van der Waals surface area contributed by atoms with Gasteiger partial charge in [-0.3, -0.25) is 4.79 Å². The minimum atomic E-state index is -0.498. The normalized spacial score (nSPS) is 10.2. The van der Waals surface area contributed by atoms with Crippen LogP contribution in [-0.2, 0) is 0 Å². The average Bonchev–Trinajstić information content (AvgIpc) is 2.43. The molecule has 0 bridgehead atoms. The van der Waals surface area contributed by atoms with Gasteiger partial charge in [0.15, 0.2) is 0 Å².